The predicted molar refractivity (Wildman–Crippen MR) is 146 cm³/mol. The van der Waals surface area contributed by atoms with Crippen LogP contribution < -0.4 is 15.4 Å². The number of rotatable bonds is 7. The zero-order chi connectivity index (χ0) is 26.7. The van der Waals surface area contributed by atoms with Crippen molar-refractivity contribution in [3.63, 3.8) is 0 Å². The third kappa shape index (κ3) is 5.87. The molecular weight excluding hydrogens is 486 g/mol. The summed E-state index contributed by atoms with van der Waals surface area (Å²) < 4.78 is 28.6. The maximum Gasteiger partial charge on any atom is 0.262 e. The van der Waals surface area contributed by atoms with Crippen LogP contribution in [-0.2, 0) is 10.0 Å². The minimum absolute atomic E-state index is 0.00114. The van der Waals surface area contributed by atoms with E-state index < -0.39 is 21.8 Å². The van der Waals surface area contributed by atoms with Crippen molar-refractivity contribution in [1.29, 1.82) is 0 Å². The Balaban J connectivity index is 1.82. The molecule has 37 heavy (non-hydrogen) atoms. The van der Waals surface area contributed by atoms with Crippen LogP contribution in [-0.4, -0.2) is 20.2 Å². The summed E-state index contributed by atoms with van der Waals surface area (Å²) in [4.78, 5) is 27.7. The average molecular weight is 514 g/mol. The number of anilines is 3. The number of hydrogen-bond donors (Lipinski definition) is 2. The second-order valence-electron chi connectivity index (χ2n) is 8.90. The summed E-state index contributed by atoms with van der Waals surface area (Å²) in [6, 6.07) is 25.4. The third-order valence-electron chi connectivity index (χ3n) is 5.74. The second-order valence-corrected chi connectivity index (χ2v) is 10.6. The topological polar surface area (TPSA) is 110 Å². The fourth-order valence-electron chi connectivity index (χ4n) is 4.00. The number of nitrogens with zero attached hydrogens (tertiary/aromatic N) is 1. The minimum atomic E-state index is -3.98. The van der Waals surface area contributed by atoms with Crippen LogP contribution in [0.4, 0.5) is 17.1 Å². The lowest BCUT2D eigenvalue weighted by molar-refractivity contribution is 0.0998. The van der Waals surface area contributed by atoms with E-state index in [4.69, 9.17) is 5.73 Å². The Morgan fingerprint density at radius 3 is 1.73 bits per heavy atom. The molecule has 0 radical (unpaired) electrons. The molecule has 8 heteroatoms. The summed E-state index contributed by atoms with van der Waals surface area (Å²) in [5.41, 5.74) is 9.64. The molecule has 0 aliphatic carbocycles. The summed E-state index contributed by atoms with van der Waals surface area (Å²) in [6.45, 7) is 5.64. The Morgan fingerprint density at radius 1 is 0.703 bits per heavy atom. The molecule has 0 aliphatic rings. The number of hydrogen-bond acceptors (Lipinski definition) is 4. The molecule has 2 amide bonds. The lowest BCUT2D eigenvalue weighted by Gasteiger charge is -2.24. The predicted octanol–water partition coefficient (Wildman–Crippen LogP) is 5.49. The van der Waals surface area contributed by atoms with Crippen LogP contribution in [0.3, 0.4) is 0 Å². The van der Waals surface area contributed by atoms with Gasteiger partial charge in [-0.15, -0.1) is 0 Å². The van der Waals surface area contributed by atoms with Crippen molar-refractivity contribution in [3.05, 3.63) is 119 Å². The van der Waals surface area contributed by atoms with Gasteiger partial charge in [-0.1, -0.05) is 36.4 Å². The first-order chi connectivity index (χ1) is 17.5. The van der Waals surface area contributed by atoms with Gasteiger partial charge in [0.25, 0.3) is 15.9 Å². The number of amides is 2. The van der Waals surface area contributed by atoms with Gasteiger partial charge in [-0.25, -0.2) is 8.42 Å². The summed E-state index contributed by atoms with van der Waals surface area (Å²) >= 11 is 0. The van der Waals surface area contributed by atoms with Crippen molar-refractivity contribution in [2.24, 2.45) is 5.73 Å². The zero-order valence-electron chi connectivity index (χ0n) is 20.7. The third-order valence-corrected chi connectivity index (χ3v) is 7.12. The molecule has 188 valence electrons. The summed E-state index contributed by atoms with van der Waals surface area (Å²) in [5.74, 6) is -1.24. The molecule has 4 aromatic carbocycles. The van der Waals surface area contributed by atoms with E-state index in [0.717, 1.165) is 16.7 Å². The minimum Gasteiger partial charge on any atom is -0.366 e. The fraction of sp³-hybridized carbons (Fsp3) is 0.103. The van der Waals surface area contributed by atoms with Crippen LogP contribution in [0.15, 0.2) is 95.9 Å². The highest BCUT2D eigenvalue weighted by Crippen LogP contribution is 2.30. The quantitative estimate of drug-likeness (QED) is 0.340. The van der Waals surface area contributed by atoms with Crippen LogP contribution in [0.5, 0.6) is 0 Å². The second kappa shape index (κ2) is 10.3. The van der Waals surface area contributed by atoms with Crippen LogP contribution >= 0.6 is 0 Å². The lowest BCUT2D eigenvalue weighted by atomic mass is 10.1. The normalized spacial score (nSPS) is 11.1. The molecule has 7 nitrogen and oxygen atoms in total. The van der Waals surface area contributed by atoms with Gasteiger partial charge in [0.05, 0.1) is 10.6 Å². The molecule has 0 aliphatic heterocycles. The van der Waals surface area contributed by atoms with Gasteiger partial charge in [-0.3, -0.25) is 19.2 Å². The fourth-order valence-corrected chi connectivity index (χ4v) is 5.14. The van der Waals surface area contributed by atoms with Crippen LogP contribution in [0.25, 0.3) is 0 Å². The molecule has 4 rings (SSSR count). The molecule has 0 spiro atoms. The Bertz CT molecular complexity index is 1570. The van der Waals surface area contributed by atoms with Gasteiger partial charge in [-0.05, 0) is 92.1 Å². The molecule has 0 heterocycles. The Morgan fingerprint density at radius 2 is 1.22 bits per heavy atom. The average Bonchev–Trinajstić information content (AvgIpc) is 2.84. The van der Waals surface area contributed by atoms with E-state index in [1.807, 2.05) is 62.4 Å². The smallest absolute Gasteiger partial charge is 0.262 e. The van der Waals surface area contributed by atoms with Gasteiger partial charge >= 0.3 is 0 Å². The van der Waals surface area contributed by atoms with Crippen molar-refractivity contribution in [1.82, 2.24) is 0 Å². The van der Waals surface area contributed by atoms with Gasteiger partial charge in [0.1, 0.15) is 0 Å². The Hall–Kier alpha value is -4.43. The highest BCUT2D eigenvalue weighted by Gasteiger charge is 2.23. The van der Waals surface area contributed by atoms with Gasteiger partial charge in [-0.2, -0.15) is 0 Å². The standard InChI is InChI=1S/C29H27N3O4S/c1-19-7-4-10-25(13-19)32(26-11-5-8-20(2)14-26)29(34)23-16-22(28(30)33)17-24(18-23)31-37(35,36)27-12-6-9-21(3)15-27/h4-18,31H,1-3H3,(H2,30,33). The Labute approximate surface area is 216 Å². The van der Waals surface area contributed by atoms with Crippen molar-refractivity contribution in [2.75, 3.05) is 9.62 Å². The summed E-state index contributed by atoms with van der Waals surface area (Å²) in [6.07, 6.45) is 0. The number of nitrogens with two attached hydrogens (primary N) is 1. The van der Waals surface area contributed by atoms with Crippen molar-refractivity contribution < 1.29 is 18.0 Å². The van der Waals surface area contributed by atoms with Gasteiger partial charge in [0.2, 0.25) is 5.91 Å². The maximum absolute atomic E-state index is 14.0. The molecule has 3 N–H and O–H groups in total. The van der Waals surface area contributed by atoms with Gasteiger partial charge < -0.3 is 5.73 Å². The van der Waals surface area contributed by atoms with Crippen molar-refractivity contribution in [3.8, 4) is 0 Å². The molecule has 0 unspecified atom stereocenters. The molecule has 0 saturated heterocycles. The van der Waals surface area contributed by atoms with E-state index in [9.17, 15) is 18.0 Å². The maximum atomic E-state index is 14.0. The van der Waals surface area contributed by atoms with Gasteiger partial charge in [0, 0.05) is 22.5 Å². The first kappa shape index (κ1) is 25.7. The number of benzene rings is 4. The van der Waals surface area contributed by atoms with E-state index in [-0.39, 0.29) is 21.7 Å². The monoisotopic (exact) mass is 513 g/mol. The first-order valence-corrected chi connectivity index (χ1v) is 13.0. The number of carbonyl (C=O) groups excluding carboxylic acids is 2. The molecule has 0 saturated carbocycles. The molecule has 0 bridgehead atoms. The zero-order valence-corrected chi connectivity index (χ0v) is 21.5. The number of aryl methyl sites for hydroxylation is 3. The van der Waals surface area contributed by atoms with Crippen molar-refractivity contribution in [2.45, 2.75) is 25.7 Å². The number of carbonyl (C=O) groups is 2. The number of nitrogens with one attached hydrogen (secondary N) is 1. The highest BCUT2D eigenvalue weighted by molar-refractivity contribution is 7.92. The molecule has 0 atom stereocenters. The Kier molecular flexibility index (Phi) is 7.13. The van der Waals surface area contributed by atoms with E-state index in [1.54, 1.807) is 19.1 Å². The highest BCUT2D eigenvalue weighted by atomic mass is 32.2. The largest absolute Gasteiger partial charge is 0.366 e. The molecule has 0 fully saturated rings. The van der Waals surface area contributed by atoms with E-state index in [0.29, 0.717) is 11.4 Å². The SMILES string of the molecule is Cc1cccc(N(C(=O)c2cc(NS(=O)(=O)c3cccc(C)c3)cc(C(N)=O)c2)c2cccc(C)c2)c1. The van der Waals surface area contributed by atoms with Crippen LogP contribution in [0.2, 0.25) is 0 Å². The van der Waals surface area contributed by atoms with E-state index in [2.05, 4.69) is 4.72 Å². The van der Waals surface area contributed by atoms with Crippen molar-refractivity contribution >= 4 is 38.9 Å². The summed E-state index contributed by atoms with van der Waals surface area (Å²) in [7, 11) is -3.98. The number of primary amides is 1. The first-order valence-electron chi connectivity index (χ1n) is 11.6. The number of sulfonamides is 1. The van der Waals surface area contributed by atoms with E-state index in [1.165, 1.54) is 35.2 Å². The van der Waals surface area contributed by atoms with Crippen LogP contribution in [0.1, 0.15) is 37.4 Å². The lowest BCUT2D eigenvalue weighted by Crippen LogP contribution is -2.27. The molecule has 4 aromatic rings. The molecule has 0 aromatic heterocycles. The van der Waals surface area contributed by atoms with Crippen LogP contribution in [0, 0.1) is 20.8 Å². The molecular formula is C29H27N3O4S. The van der Waals surface area contributed by atoms with Gasteiger partial charge in [0.15, 0.2) is 0 Å². The summed E-state index contributed by atoms with van der Waals surface area (Å²) in [5, 5.41) is 0. The van der Waals surface area contributed by atoms with E-state index >= 15 is 0 Å².